The van der Waals surface area contributed by atoms with Gasteiger partial charge in [0, 0.05) is 11.6 Å². The molecule has 0 unspecified atom stereocenters. The number of amides is 1. The molecule has 1 fully saturated rings. The van der Waals surface area contributed by atoms with Crippen LogP contribution in [0.2, 0.25) is 0 Å². The van der Waals surface area contributed by atoms with Crippen molar-refractivity contribution in [1.82, 2.24) is 5.32 Å². The van der Waals surface area contributed by atoms with Crippen LogP contribution in [-0.4, -0.2) is 24.0 Å². The topological polar surface area (TPSA) is 64.6 Å². The second-order valence-corrected chi connectivity index (χ2v) is 7.04. The SMILES string of the molecule is CC(C)OCc1ccc(C(=O)O[C@H](C(=O)NC2CC2)c2ccccc2)cc1. The number of carbonyl (C=O) groups excluding carboxylic acids is 2. The van der Waals surface area contributed by atoms with E-state index in [1.807, 2.05) is 44.2 Å². The van der Waals surface area contributed by atoms with E-state index in [9.17, 15) is 9.59 Å². The number of ether oxygens (including phenoxy) is 2. The molecule has 0 radical (unpaired) electrons. The number of esters is 1. The summed E-state index contributed by atoms with van der Waals surface area (Å²) in [5.74, 6) is -0.801. The van der Waals surface area contributed by atoms with E-state index in [0.717, 1.165) is 18.4 Å². The van der Waals surface area contributed by atoms with E-state index in [0.29, 0.717) is 17.7 Å². The van der Waals surface area contributed by atoms with Crippen LogP contribution in [0.4, 0.5) is 0 Å². The maximum atomic E-state index is 12.6. The van der Waals surface area contributed by atoms with Gasteiger partial charge < -0.3 is 14.8 Å². The fraction of sp³-hybridized carbons (Fsp3) is 0.364. The maximum Gasteiger partial charge on any atom is 0.339 e. The molecule has 1 saturated carbocycles. The largest absolute Gasteiger partial charge is 0.444 e. The van der Waals surface area contributed by atoms with Gasteiger partial charge in [0.15, 0.2) is 0 Å². The van der Waals surface area contributed by atoms with Crippen LogP contribution >= 0.6 is 0 Å². The number of benzene rings is 2. The molecule has 5 nitrogen and oxygen atoms in total. The van der Waals surface area contributed by atoms with Gasteiger partial charge in [0.25, 0.3) is 5.91 Å². The van der Waals surface area contributed by atoms with Gasteiger partial charge in [-0.1, -0.05) is 42.5 Å². The molecule has 1 N–H and O–H groups in total. The number of hydrogen-bond donors (Lipinski definition) is 1. The summed E-state index contributed by atoms with van der Waals surface area (Å²) in [7, 11) is 0. The summed E-state index contributed by atoms with van der Waals surface area (Å²) in [4.78, 5) is 25.1. The Morgan fingerprint density at radius 2 is 1.70 bits per heavy atom. The molecule has 0 aliphatic heterocycles. The van der Waals surface area contributed by atoms with Crippen molar-refractivity contribution < 1.29 is 19.1 Å². The second kappa shape index (κ2) is 8.82. The van der Waals surface area contributed by atoms with Crippen molar-refractivity contribution in [3.63, 3.8) is 0 Å². The molecule has 0 spiro atoms. The van der Waals surface area contributed by atoms with Gasteiger partial charge in [0.2, 0.25) is 6.10 Å². The number of hydrogen-bond acceptors (Lipinski definition) is 4. The molecule has 1 aliphatic carbocycles. The van der Waals surface area contributed by atoms with Crippen molar-refractivity contribution in [3.05, 3.63) is 71.3 Å². The Morgan fingerprint density at radius 3 is 2.30 bits per heavy atom. The van der Waals surface area contributed by atoms with Crippen LogP contribution < -0.4 is 5.32 Å². The minimum absolute atomic E-state index is 0.145. The van der Waals surface area contributed by atoms with Crippen molar-refractivity contribution in [2.45, 2.75) is 51.5 Å². The highest BCUT2D eigenvalue weighted by Gasteiger charge is 2.31. The molecule has 1 amide bonds. The highest BCUT2D eigenvalue weighted by molar-refractivity contribution is 5.92. The Bertz CT molecular complexity index is 767. The standard InChI is InChI=1S/C22H25NO4/c1-15(2)26-14-16-8-10-18(11-9-16)22(25)27-20(17-6-4-3-5-7-17)21(24)23-19-12-13-19/h3-11,15,19-20H,12-14H2,1-2H3,(H,23,24)/t20-/m0/s1. The van der Waals surface area contributed by atoms with E-state index in [4.69, 9.17) is 9.47 Å². The smallest absolute Gasteiger partial charge is 0.339 e. The van der Waals surface area contributed by atoms with E-state index in [2.05, 4.69) is 5.32 Å². The average molecular weight is 367 g/mol. The predicted molar refractivity (Wildman–Crippen MR) is 102 cm³/mol. The van der Waals surface area contributed by atoms with Crippen molar-refractivity contribution in [3.8, 4) is 0 Å². The van der Waals surface area contributed by atoms with Gasteiger partial charge in [-0.3, -0.25) is 4.79 Å². The summed E-state index contributed by atoms with van der Waals surface area (Å²) in [6.45, 7) is 4.44. The molecule has 2 aromatic rings. The van der Waals surface area contributed by atoms with Crippen molar-refractivity contribution >= 4 is 11.9 Å². The van der Waals surface area contributed by atoms with Crippen LogP contribution in [0.3, 0.4) is 0 Å². The van der Waals surface area contributed by atoms with E-state index < -0.39 is 12.1 Å². The third kappa shape index (κ3) is 5.66. The molecule has 0 saturated heterocycles. The third-order valence-corrected chi connectivity index (χ3v) is 4.26. The molecular weight excluding hydrogens is 342 g/mol. The first-order chi connectivity index (χ1) is 13.0. The summed E-state index contributed by atoms with van der Waals surface area (Å²) in [6, 6.07) is 16.3. The summed E-state index contributed by atoms with van der Waals surface area (Å²) in [5.41, 5.74) is 2.04. The van der Waals surface area contributed by atoms with Crippen LogP contribution in [0, 0.1) is 0 Å². The first-order valence-corrected chi connectivity index (χ1v) is 9.30. The molecule has 2 aromatic carbocycles. The fourth-order valence-electron chi connectivity index (χ4n) is 2.58. The highest BCUT2D eigenvalue weighted by Crippen LogP contribution is 2.24. The first kappa shape index (κ1) is 19.1. The zero-order chi connectivity index (χ0) is 19.2. The predicted octanol–water partition coefficient (Wildman–Crippen LogP) is 3.79. The van der Waals surface area contributed by atoms with Gasteiger partial charge in [0.1, 0.15) is 0 Å². The van der Waals surface area contributed by atoms with Gasteiger partial charge in [-0.25, -0.2) is 4.79 Å². The summed E-state index contributed by atoms with van der Waals surface area (Å²) < 4.78 is 11.1. The maximum absolute atomic E-state index is 12.6. The van der Waals surface area contributed by atoms with Gasteiger partial charge in [-0.05, 0) is 44.4 Å². The van der Waals surface area contributed by atoms with Crippen LogP contribution in [0.1, 0.15) is 54.3 Å². The van der Waals surface area contributed by atoms with Crippen molar-refractivity contribution in [2.24, 2.45) is 0 Å². The van der Waals surface area contributed by atoms with Crippen molar-refractivity contribution in [1.29, 1.82) is 0 Å². The summed E-state index contributed by atoms with van der Waals surface area (Å²) >= 11 is 0. The monoisotopic (exact) mass is 367 g/mol. The van der Waals surface area contributed by atoms with E-state index in [-0.39, 0.29) is 18.1 Å². The van der Waals surface area contributed by atoms with Crippen LogP contribution in [0.15, 0.2) is 54.6 Å². The molecule has 3 rings (SSSR count). The normalized spacial score (nSPS) is 14.6. The lowest BCUT2D eigenvalue weighted by Gasteiger charge is -2.18. The van der Waals surface area contributed by atoms with Gasteiger partial charge >= 0.3 is 5.97 Å². The molecule has 0 aromatic heterocycles. The number of nitrogens with one attached hydrogen (secondary N) is 1. The van der Waals surface area contributed by atoms with E-state index >= 15 is 0 Å². The molecule has 1 atom stereocenters. The lowest BCUT2D eigenvalue weighted by atomic mass is 10.1. The Kier molecular flexibility index (Phi) is 6.24. The average Bonchev–Trinajstić information content (AvgIpc) is 3.49. The quantitative estimate of drug-likeness (QED) is 0.721. The molecule has 0 bridgehead atoms. The van der Waals surface area contributed by atoms with Gasteiger partial charge in [-0.2, -0.15) is 0 Å². The number of rotatable bonds is 8. The Hall–Kier alpha value is -2.66. The highest BCUT2D eigenvalue weighted by atomic mass is 16.5. The zero-order valence-corrected chi connectivity index (χ0v) is 15.7. The van der Waals surface area contributed by atoms with Gasteiger partial charge in [-0.15, -0.1) is 0 Å². The lowest BCUT2D eigenvalue weighted by molar-refractivity contribution is -0.130. The zero-order valence-electron chi connectivity index (χ0n) is 15.7. The molecule has 142 valence electrons. The Balaban J connectivity index is 1.69. The molecule has 0 heterocycles. The lowest BCUT2D eigenvalue weighted by Crippen LogP contribution is -2.33. The molecule has 27 heavy (non-hydrogen) atoms. The van der Waals surface area contributed by atoms with Crippen LogP contribution in [0.25, 0.3) is 0 Å². The fourth-order valence-corrected chi connectivity index (χ4v) is 2.58. The van der Waals surface area contributed by atoms with E-state index in [1.54, 1.807) is 24.3 Å². The molecular formula is C22H25NO4. The second-order valence-electron chi connectivity index (χ2n) is 7.04. The minimum atomic E-state index is -0.955. The number of carbonyl (C=O) groups is 2. The third-order valence-electron chi connectivity index (χ3n) is 4.26. The van der Waals surface area contributed by atoms with E-state index in [1.165, 1.54) is 0 Å². The summed E-state index contributed by atoms with van der Waals surface area (Å²) in [6.07, 6.45) is 1.14. The molecule has 5 heteroatoms. The summed E-state index contributed by atoms with van der Waals surface area (Å²) in [5, 5.41) is 2.91. The van der Waals surface area contributed by atoms with Crippen LogP contribution in [0.5, 0.6) is 0 Å². The minimum Gasteiger partial charge on any atom is -0.444 e. The van der Waals surface area contributed by atoms with Crippen molar-refractivity contribution in [2.75, 3.05) is 0 Å². The molecule has 1 aliphatic rings. The Labute approximate surface area is 159 Å². The van der Waals surface area contributed by atoms with Crippen LogP contribution in [-0.2, 0) is 20.9 Å². The van der Waals surface area contributed by atoms with Gasteiger partial charge in [0.05, 0.1) is 18.3 Å². The Morgan fingerprint density at radius 1 is 1.04 bits per heavy atom. The first-order valence-electron chi connectivity index (χ1n) is 9.30.